The Hall–Kier alpha value is -2.93. The first-order valence-electron chi connectivity index (χ1n) is 9.46. The maximum absolute atomic E-state index is 13.1. The first-order valence-corrected chi connectivity index (χ1v) is 10.7. The van der Waals surface area contributed by atoms with Crippen molar-refractivity contribution in [3.8, 4) is 17.1 Å². The molecule has 0 N–H and O–H groups in total. The van der Waals surface area contributed by atoms with Gasteiger partial charge >= 0.3 is 0 Å². The van der Waals surface area contributed by atoms with Crippen LogP contribution in [-0.2, 0) is 4.79 Å². The highest BCUT2D eigenvalue weighted by atomic mass is 32.2. The maximum Gasteiger partial charge on any atom is 0.247 e. The monoisotopic (exact) mass is 406 g/mol. The Balaban J connectivity index is 1.99. The molecule has 29 heavy (non-hydrogen) atoms. The van der Waals surface area contributed by atoms with Gasteiger partial charge in [-0.25, -0.2) is 0 Å². The van der Waals surface area contributed by atoms with Crippen LogP contribution in [0.3, 0.4) is 0 Å². The smallest absolute Gasteiger partial charge is 0.247 e. The number of nitrogens with zero attached hydrogens (tertiary/aromatic N) is 4. The average Bonchev–Trinajstić information content (AvgIpc) is 2.87. The first kappa shape index (κ1) is 19.4. The van der Waals surface area contributed by atoms with Crippen LogP contribution in [0.1, 0.15) is 36.3 Å². The van der Waals surface area contributed by atoms with Gasteiger partial charge in [-0.1, -0.05) is 60.1 Å². The van der Waals surface area contributed by atoms with Crippen LogP contribution in [-0.4, -0.2) is 27.3 Å². The first-order chi connectivity index (χ1) is 14.0. The fourth-order valence-electron chi connectivity index (χ4n) is 3.35. The minimum absolute atomic E-state index is 0.0356. The van der Waals surface area contributed by atoms with Crippen molar-refractivity contribution in [1.29, 1.82) is 0 Å². The molecule has 0 spiro atoms. The Labute approximate surface area is 174 Å². The number of aryl methyl sites for hydroxylation is 2. The Bertz CT molecular complexity index is 1070. The van der Waals surface area contributed by atoms with E-state index in [9.17, 15) is 4.79 Å². The third kappa shape index (κ3) is 3.58. The molecule has 1 amide bonds. The lowest BCUT2D eigenvalue weighted by atomic mass is 10.0. The molecule has 4 rings (SSSR count). The molecule has 0 aliphatic carbocycles. The third-order valence-corrected chi connectivity index (χ3v) is 5.41. The van der Waals surface area contributed by atoms with E-state index in [0.717, 1.165) is 27.9 Å². The van der Waals surface area contributed by atoms with Crippen LogP contribution in [0.2, 0.25) is 0 Å². The predicted octanol–water partition coefficient (Wildman–Crippen LogP) is 4.71. The molecule has 1 aliphatic heterocycles. The summed E-state index contributed by atoms with van der Waals surface area (Å²) in [5, 5.41) is 9.12. The van der Waals surface area contributed by atoms with Crippen LogP contribution in [0, 0.1) is 13.8 Å². The molecule has 0 saturated carbocycles. The van der Waals surface area contributed by atoms with Crippen molar-refractivity contribution in [3.63, 3.8) is 0 Å². The molecule has 7 heteroatoms. The molecule has 2 heterocycles. The normalized spacial score (nSPS) is 15.2. The third-order valence-electron chi connectivity index (χ3n) is 4.88. The van der Waals surface area contributed by atoms with Crippen molar-refractivity contribution in [2.75, 3.05) is 11.2 Å². The molecule has 0 saturated heterocycles. The van der Waals surface area contributed by atoms with E-state index in [-0.39, 0.29) is 5.91 Å². The Morgan fingerprint density at radius 3 is 2.52 bits per heavy atom. The number of carbonyl (C=O) groups excluding carboxylic acids is 1. The van der Waals surface area contributed by atoms with Crippen molar-refractivity contribution in [1.82, 2.24) is 15.2 Å². The van der Waals surface area contributed by atoms with Crippen LogP contribution in [0.4, 0.5) is 5.69 Å². The number of hydrogen-bond donors (Lipinski definition) is 0. The Kier molecular flexibility index (Phi) is 5.24. The highest BCUT2D eigenvalue weighted by Gasteiger charge is 2.35. The summed E-state index contributed by atoms with van der Waals surface area (Å²) >= 11 is 1.40. The minimum Gasteiger partial charge on any atom is -0.447 e. The predicted molar refractivity (Wildman–Crippen MR) is 114 cm³/mol. The second kappa shape index (κ2) is 7.83. The second-order valence-electron chi connectivity index (χ2n) is 6.97. The van der Waals surface area contributed by atoms with Crippen molar-refractivity contribution < 1.29 is 9.53 Å². The number of ether oxygens (including phenoxy) is 1. The molecular weight excluding hydrogens is 384 g/mol. The van der Waals surface area contributed by atoms with Gasteiger partial charge < -0.3 is 4.74 Å². The summed E-state index contributed by atoms with van der Waals surface area (Å²) < 4.78 is 6.36. The highest BCUT2D eigenvalue weighted by molar-refractivity contribution is 7.98. The van der Waals surface area contributed by atoms with Gasteiger partial charge in [0.2, 0.25) is 23.2 Å². The quantitative estimate of drug-likeness (QED) is 0.587. The summed E-state index contributed by atoms with van der Waals surface area (Å²) in [5.74, 6) is 0.347. The van der Waals surface area contributed by atoms with Gasteiger partial charge in [-0.15, -0.1) is 10.2 Å². The van der Waals surface area contributed by atoms with Gasteiger partial charge in [0.05, 0.1) is 5.69 Å². The molecule has 1 unspecified atom stereocenters. The fraction of sp³-hybridized carbons (Fsp3) is 0.273. The lowest BCUT2D eigenvalue weighted by molar-refractivity contribution is -0.120. The molecule has 148 valence electrons. The van der Waals surface area contributed by atoms with Crippen molar-refractivity contribution in [2.45, 2.75) is 38.6 Å². The lowest BCUT2D eigenvalue weighted by Crippen LogP contribution is -2.37. The number of fused-ring (bicyclic) bond motifs is 3. The van der Waals surface area contributed by atoms with Gasteiger partial charge in [-0.2, -0.15) is 4.98 Å². The molecule has 0 radical (unpaired) electrons. The van der Waals surface area contributed by atoms with E-state index >= 15 is 0 Å². The molecule has 2 aromatic carbocycles. The van der Waals surface area contributed by atoms with E-state index < -0.39 is 6.23 Å². The van der Waals surface area contributed by atoms with Gasteiger partial charge in [-0.05, 0) is 32.2 Å². The van der Waals surface area contributed by atoms with Gasteiger partial charge in [0.1, 0.15) is 0 Å². The number of hydrogen-bond acceptors (Lipinski definition) is 6. The van der Waals surface area contributed by atoms with Crippen LogP contribution in [0.15, 0.2) is 47.6 Å². The van der Waals surface area contributed by atoms with E-state index in [1.54, 1.807) is 4.90 Å². The standard InChI is InChI=1S/C22H22N4O2S/c1-5-18(27)26-17-11-8-14(3)12-16(17)19-20(23-22(29-4)25-24-19)28-21(26)15-9-6-13(2)7-10-15/h6-12,21H,5H2,1-4H3. The van der Waals surface area contributed by atoms with Crippen LogP contribution >= 0.6 is 11.8 Å². The largest absolute Gasteiger partial charge is 0.447 e. The van der Waals surface area contributed by atoms with Crippen LogP contribution < -0.4 is 9.64 Å². The van der Waals surface area contributed by atoms with Crippen molar-refractivity contribution in [2.24, 2.45) is 0 Å². The van der Waals surface area contributed by atoms with Gasteiger partial charge in [0, 0.05) is 17.5 Å². The maximum atomic E-state index is 13.1. The summed E-state index contributed by atoms with van der Waals surface area (Å²) in [6.45, 7) is 5.89. The summed E-state index contributed by atoms with van der Waals surface area (Å²) in [6, 6.07) is 13.9. The molecule has 3 aromatic rings. The highest BCUT2D eigenvalue weighted by Crippen LogP contribution is 2.44. The number of benzene rings is 2. The zero-order valence-corrected chi connectivity index (χ0v) is 17.7. The van der Waals surface area contributed by atoms with Gasteiger partial charge in [-0.3, -0.25) is 9.69 Å². The van der Waals surface area contributed by atoms with E-state index in [0.29, 0.717) is 23.2 Å². The van der Waals surface area contributed by atoms with Gasteiger partial charge in [0.15, 0.2) is 5.69 Å². The van der Waals surface area contributed by atoms with Crippen LogP contribution in [0.25, 0.3) is 11.3 Å². The van der Waals surface area contributed by atoms with E-state index in [1.807, 2.05) is 69.5 Å². The van der Waals surface area contributed by atoms with Crippen molar-refractivity contribution in [3.05, 3.63) is 59.2 Å². The summed E-state index contributed by atoms with van der Waals surface area (Å²) in [4.78, 5) is 19.3. The number of thioether (sulfide) groups is 1. The fourth-order valence-corrected chi connectivity index (χ4v) is 3.65. The summed E-state index contributed by atoms with van der Waals surface area (Å²) in [6.07, 6.45) is 1.60. The van der Waals surface area contributed by atoms with E-state index in [4.69, 9.17) is 4.74 Å². The van der Waals surface area contributed by atoms with Crippen molar-refractivity contribution >= 4 is 23.4 Å². The molecule has 1 atom stereocenters. The molecule has 1 aliphatic rings. The number of amides is 1. The number of anilines is 1. The number of carbonyl (C=O) groups is 1. The van der Waals surface area contributed by atoms with E-state index in [1.165, 1.54) is 11.8 Å². The Morgan fingerprint density at radius 2 is 1.83 bits per heavy atom. The zero-order valence-electron chi connectivity index (χ0n) is 16.8. The zero-order chi connectivity index (χ0) is 20.5. The summed E-state index contributed by atoms with van der Waals surface area (Å²) in [7, 11) is 0. The molecular formula is C22H22N4O2S. The Morgan fingerprint density at radius 1 is 1.10 bits per heavy atom. The average molecular weight is 407 g/mol. The molecule has 0 fully saturated rings. The SMILES string of the molecule is CCC(=O)N1c2ccc(C)cc2-c2nnc(SC)nc2OC1c1ccc(C)cc1. The number of aromatic nitrogens is 3. The van der Waals surface area contributed by atoms with Crippen LogP contribution in [0.5, 0.6) is 5.88 Å². The molecule has 1 aromatic heterocycles. The van der Waals surface area contributed by atoms with Gasteiger partial charge in [0.25, 0.3) is 0 Å². The topological polar surface area (TPSA) is 68.2 Å². The van der Waals surface area contributed by atoms with E-state index in [2.05, 4.69) is 15.2 Å². The molecule has 6 nitrogen and oxygen atoms in total. The second-order valence-corrected chi connectivity index (χ2v) is 7.74. The molecule has 0 bridgehead atoms. The lowest BCUT2D eigenvalue weighted by Gasteiger charge is -2.30. The number of rotatable bonds is 3. The minimum atomic E-state index is -0.642. The summed E-state index contributed by atoms with van der Waals surface area (Å²) in [5.41, 5.74) is 5.17.